The van der Waals surface area contributed by atoms with Crippen LogP contribution in [0.3, 0.4) is 0 Å². The van der Waals surface area contributed by atoms with Gasteiger partial charge in [-0.15, -0.1) is 5.76 Å². The average Bonchev–Trinajstić information content (AvgIpc) is 2.25. The van der Waals surface area contributed by atoms with E-state index in [-0.39, 0.29) is 24.6 Å². The largest absolute Gasteiger partial charge is 1.00 e. The van der Waals surface area contributed by atoms with Gasteiger partial charge in [-0.2, -0.15) is 0 Å². The van der Waals surface area contributed by atoms with Crippen molar-refractivity contribution < 1.29 is 33.9 Å². The molecule has 0 radical (unpaired) electrons. The van der Waals surface area contributed by atoms with Gasteiger partial charge in [0.2, 0.25) is 0 Å². The van der Waals surface area contributed by atoms with E-state index in [0.29, 0.717) is 19.6 Å². The molecule has 0 aromatic rings. The number of carboxylic acid groups (broad SMARTS) is 1. The number of aliphatic carboxylic acids is 1. The summed E-state index contributed by atoms with van der Waals surface area (Å²) in [5.74, 6) is -0.777. The normalized spacial score (nSPS) is 12.9. The molecule has 0 saturated heterocycles. The standard InChI is InChI=1S/C11H22N2O3.Li/c1-3-4-5-10(14)8-12-6-7-13-9(2)11(15)16;/h5,9,12-14H,3-4,6-8H2,1-2H3,(H,15,16);/q;+1/p-1/b10-5-;. The van der Waals surface area contributed by atoms with Crippen LogP contribution in [0.2, 0.25) is 0 Å². The van der Waals surface area contributed by atoms with Crippen molar-refractivity contribution in [2.24, 2.45) is 0 Å². The van der Waals surface area contributed by atoms with E-state index in [1.54, 1.807) is 13.0 Å². The molecule has 0 aromatic carbocycles. The predicted molar refractivity (Wildman–Crippen MR) is 61.0 cm³/mol. The van der Waals surface area contributed by atoms with Crippen LogP contribution >= 0.6 is 0 Å². The molecule has 0 aromatic heterocycles. The van der Waals surface area contributed by atoms with Crippen LogP contribution in [0.25, 0.3) is 0 Å². The summed E-state index contributed by atoms with van der Waals surface area (Å²) < 4.78 is 0. The monoisotopic (exact) mass is 236 g/mol. The Morgan fingerprint density at radius 1 is 1.47 bits per heavy atom. The van der Waals surface area contributed by atoms with Crippen molar-refractivity contribution in [3.8, 4) is 0 Å². The number of carbonyl (C=O) groups is 1. The van der Waals surface area contributed by atoms with Gasteiger partial charge in [-0.25, -0.2) is 0 Å². The molecule has 6 heteroatoms. The zero-order chi connectivity index (χ0) is 12.4. The molecule has 0 amide bonds. The van der Waals surface area contributed by atoms with Crippen molar-refractivity contribution >= 4 is 5.97 Å². The fraction of sp³-hybridized carbons (Fsp3) is 0.727. The first kappa shape index (κ1) is 18.9. The molecule has 0 aliphatic heterocycles. The molecule has 0 aliphatic carbocycles. The van der Waals surface area contributed by atoms with Crippen LogP contribution in [0, 0.1) is 0 Å². The number of hydrogen-bond acceptors (Lipinski definition) is 4. The van der Waals surface area contributed by atoms with E-state index >= 15 is 0 Å². The van der Waals surface area contributed by atoms with Gasteiger partial charge in [0.05, 0.1) is 0 Å². The molecule has 0 fully saturated rings. The maximum atomic E-state index is 11.2. The van der Waals surface area contributed by atoms with Crippen LogP contribution in [-0.2, 0) is 4.79 Å². The van der Waals surface area contributed by atoms with Crippen LogP contribution in [-0.4, -0.2) is 36.8 Å². The smallest absolute Gasteiger partial charge is 0.875 e. The second kappa shape index (κ2) is 12.0. The minimum absolute atomic E-state index is 0. The summed E-state index contributed by atoms with van der Waals surface area (Å²) >= 11 is 0. The number of nitrogens with one attached hydrogen (secondary N) is 2. The van der Waals surface area contributed by atoms with E-state index in [2.05, 4.69) is 10.6 Å². The first-order valence-electron chi connectivity index (χ1n) is 5.60. The molecule has 0 rings (SSSR count). The van der Waals surface area contributed by atoms with Gasteiger partial charge in [0.1, 0.15) is 6.04 Å². The molecule has 3 N–H and O–H groups in total. The third-order valence-electron chi connectivity index (χ3n) is 2.08. The molecule has 5 nitrogen and oxygen atoms in total. The van der Waals surface area contributed by atoms with Gasteiger partial charge in [-0.1, -0.05) is 19.4 Å². The van der Waals surface area contributed by atoms with Gasteiger partial charge in [-0.3, -0.25) is 4.79 Å². The van der Waals surface area contributed by atoms with Crippen molar-refractivity contribution in [1.82, 2.24) is 10.6 Å². The predicted octanol–water partition coefficient (Wildman–Crippen LogP) is -3.31. The quantitative estimate of drug-likeness (QED) is 0.222. The molecule has 0 aliphatic rings. The van der Waals surface area contributed by atoms with E-state index in [9.17, 15) is 9.90 Å². The second-order valence-electron chi connectivity index (χ2n) is 3.65. The first-order chi connectivity index (χ1) is 7.57. The number of carboxylic acids is 1. The summed E-state index contributed by atoms with van der Waals surface area (Å²) in [7, 11) is 0. The van der Waals surface area contributed by atoms with E-state index < -0.39 is 12.0 Å². The Morgan fingerprint density at radius 2 is 2.12 bits per heavy atom. The van der Waals surface area contributed by atoms with Gasteiger partial charge < -0.3 is 20.8 Å². The van der Waals surface area contributed by atoms with Crippen LogP contribution in [0.5, 0.6) is 0 Å². The van der Waals surface area contributed by atoms with Gasteiger partial charge in [0, 0.05) is 19.6 Å². The number of hydrogen-bond donors (Lipinski definition) is 3. The molecular weight excluding hydrogens is 215 g/mol. The number of unbranched alkanes of at least 4 members (excludes halogenated alkanes) is 1. The molecule has 94 valence electrons. The fourth-order valence-corrected chi connectivity index (χ4v) is 1.05. The molecular formula is C11H21LiN2O3. The number of allylic oxidation sites excluding steroid dienone is 1. The van der Waals surface area contributed by atoms with Crippen LogP contribution in [0.1, 0.15) is 26.7 Å². The van der Waals surface area contributed by atoms with Gasteiger partial charge >= 0.3 is 24.8 Å². The summed E-state index contributed by atoms with van der Waals surface area (Å²) in [6, 6.07) is -0.552. The van der Waals surface area contributed by atoms with Crippen LogP contribution < -0.4 is 34.6 Å². The Bertz CT molecular complexity index is 235. The van der Waals surface area contributed by atoms with Crippen molar-refractivity contribution in [1.29, 1.82) is 0 Å². The minimum Gasteiger partial charge on any atom is -0.875 e. The van der Waals surface area contributed by atoms with Crippen molar-refractivity contribution in [3.05, 3.63) is 11.8 Å². The van der Waals surface area contributed by atoms with Crippen molar-refractivity contribution in [2.45, 2.75) is 32.7 Å². The van der Waals surface area contributed by atoms with E-state index in [1.807, 2.05) is 6.92 Å². The van der Waals surface area contributed by atoms with Gasteiger partial charge in [0.25, 0.3) is 0 Å². The molecule has 0 bridgehead atoms. The third kappa shape index (κ3) is 11.8. The van der Waals surface area contributed by atoms with E-state index in [1.165, 1.54) is 0 Å². The average molecular weight is 236 g/mol. The molecule has 0 heterocycles. The SMILES string of the molecule is CCC/C=C(\[O-])CNCCNC(C)C(=O)O.[Li+]. The Morgan fingerprint density at radius 3 is 2.65 bits per heavy atom. The van der Waals surface area contributed by atoms with Gasteiger partial charge in [-0.05, 0) is 13.3 Å². The van der Waals surface area contributed by atoms with Gasteiger partial charge in [0.15, 0.2) is 0 Å². The van der Waals surface area contributed by atoms with Crippen molar-refractivity contribution in [3.63, 3.8) is 0 Å². The Hall–Kier alpha value is -0.473. The zero-order valence-electron chi connectivity index (χ0n) is 11.0. The third-order valence-corrected chi connectivity index (χ3v) is 2.08. The van der Waals surface area contributed by atoms with E-state index in [4.69, 9.17) is 5.11 Å². The fourth-order valence-electron chi connectivity index (χ4n) is 1.05. The Kier molecular flexibility index (Phi) is 13.3. The molecule has 0 saturated carbocycles. The maximum Gasteiger partial charge on any atom is 1.00 e. The molecule has 17 heavy (non-hydrogen) atoms. The molecule has 1 atom stereocenters. The molecule has 0 spiro atoms. The summed E-state index contributed by atoms with van der Waals surface area (Å²) in [5, 5.41) is 25.5. The summed E-state index contributed by atoms with van der Waals surface area (Å²) in [6.07, 6.45) is 3.47. The summed E-state index contributed by atoms with van der Waals surface area (Å²) in [4.78, 5) is 10.4. The molecule has 1 unspecified atom stereocenters. The summed E-state index contributed by atoms with van der Waals surface area (Å²) in [6.45, 7) is 5.05. The second-order valence-corrected chi connectivity index (χ2v) is 3.65. The maximum absolute atomic E-state index is 11.2. The van der Waals surface area contributed by atoms with Crippen molar-refractivity contribution in [2.75, 3.05) is 19.6 Å². The topological polar surface area (TPSA) is 84.4 Å². The Labute approximate surface area is 115 Å². The summed E-state index contributed by atoms with van der Waals surface area (Å²) in [5.41, 5.74) is 0. The van der Waals surface area contributed by atoms with Crippen LogP contribution in [0.15, 0.2) is 11.8 Å². The van der Waals surface area contributed by atoms with E-state index in [0.717, 1.165) is 12.8 Å². The minimum atomic E-state index is -0.868. The first-order valence-corrected chi connectivity index (χ1v) is 5.60. The zero-order valence-corrected chi connectivity index (χ0v) is 11.0. The Balaban J connectivity index is 0. The van der Waals surface area contributed by atoms with Crippen LogP contribution in [0.4, 0.5) is 0 Å². The number of rotatable bonds is 9.